The largest absolute Gasteiger partial charge is 0.480 e. The van der Waals surface area contributed by atoms with E-state index >= 15 is 0 Å². The second-order valence-electron chi connectivity index (χ2n) is 7.95. The minimum absolute atomic E-state index is 0.0498. The number of carbonyl (C=O) groups is 2. The van der Waals surface area contributed by atoms with Crippen molar-refractivity contribution in [2.45, 2.75) is 19.4 Å². The van der Waals surface area contributed by atoms with E-state index in [1.807, 2.05) is 84.9 Å². The van der Waals surface area contributed by atoms with Gasteiger partial charge in [-0.05, 0) is 18.1 Å². The van der Waals surface area contributed by atoms with Crippen LogP contribution in [0, 0.1) is 0 Å². The van der Waals surface area contributed by atoms with Crippen molar-refractivity contribution in [3.8, 4) is 0 Å². The lowest BCUT2D eigenvalue weighted by Crippen LogP contribution is -2.33. The Morgan fingerprint density at radius 1 is 0.912 bits per heavy atom. The lowest BCUT2D eigenvalue weighted by atomic mass is 9.99. The molecule has 0 aliphatic heterocycles. The average Bonchev–Trinajstić information content (AvgIpc) is 2.85. The van der Waals surface area contributed by atoms with Crippen molar-refractivity contribution in [2.75, 3.05) is 25.0 Å². The minimum Gasteiger partial charge on any atom is -0.480 e. The van der Waals surface area contributed by atoms with Gasteiger partial charge in [0.2, 0.25) is 5.91 Å². The first-order valence-corrected chi connectivity index (χ1v) is 11.2. The summed E-state index contributed by atoms with van der Waals surface area (Å²) in [6.07, 6.45) is 0.952. The fourth-order valence-electron chi connectivity index (χ4n) is 3.67. The number of rotatable bonds is 11. The molecule has 0 saturated heterocycles. The lowest BCUT2D eigenvalue weighted by Gasteiger charge is -2.22. The smallest absolute Gasteiger partial charge is 0.325 e. The Morgan fingerprint density at radius 2 is 1.53 bits per heavy atom. The van der Waals surface area contributed by atoms with Crippen LogP contribution in [0.2, 0.25) is 0 Å². The normalized spacial score (nSPS) is 11.4. The molecule has 0 aliphatic carbocycles. The van der Waals surface area contributed by atoms with Gasteiger partial charge >= 0.3 is 5.97 Å². The van der Waals surface area contributed by atoms with Crippen molar-refractivity contribution >= 4 is 23.3 Å². The van der Waals surface area contributed by atoms with Gasteiger partial charge in [-0.15, -0.1) is 0 Å². The number of carbonyl (C=O) groups excluding carboxylic acids is 1. The number of benzene rings is 3. The molecule has 0 fully saturated rings. The third kappa shape index (κ3) is 7.10. The number of carboxylic acid groups (broad SMARTS) is 1. The highest BCUT2D eigenvalue weighted by Crippen LogP contribution is 2.24. The van der Waals surface area contributed by atoms with Gasteiger partial charge in [-0.2, -0.15) is 0 Å². The molecule has 0 aromatic heterocycles. The van der Waals surface area contributed by atoms with Crippen molar-refractivity contribution in [2.24, 2.45) is 10.8 Å². The van der Waals surface area contributed by atoms with E-state index in [4.69, 9.17) is 5.84 Å². The standard InChI is InChI=1S/C27H30N4O3/c1-30(25(32)17-10-18-31(28)20-21-11-4-2-5-12-21)24-16-9-8-15-23(24)27(29-19-26(33)34)22-13-6-3-7-14-22/h2-9,11-16H,10,17-20,28H2,1H3,(H,33,34). The summed E-state index contributed by atoms with van der Waals surface area (Å²) in [6, 6.07) is 26.7. The number of para-hydroxylation sites is 1. The molecule has 3 rings (SSSR count). The third-order valence-electron chi connectivity index (χ3n) is 5.38. The van der Waals surface area contributed by atoms with E-state index in [1.54, 1.807) is 17.0 Å². The highest BCUT2D eigenvalue weighted by Gasteiger charge is 2.18. The summed E-state index contributed by atoms with van der Waals surface area (Å²) < 4.78 is 0. The number of carboxylic acids is 1. The molecule has 0 spiro atoms. The van der Waals surface area contributed by atoms with Crippen LogP contribution in [0.5, 0.6) is 0 Å². The molecule has 7 nitrogen and oxygen atoms in total. The predicted octanol–water partition coefficient (Wildman–Crippen LogP) is 3.73. The molecule has 176 valence electrons. The Kier molecular flexibility index (Phi) is 9.08. The second-order valence-corrected chi connectivity index (χ2v) is 7.95. The first-order chi connectivity index (χ1) is 16.5. The maximum Gasteiger partial charge on any atom is 0.325 e. The SMILES string of the molecule is CN(C(=O)CCCN(N)Cc1ccccc1)c1ccccc1C(=NCC(=O)O)c1ccccc1. The molecular formula is C27H30N4O3. The summed E-state index contributed by atoms with van der Waals surface area (Å²) in [7, 11) is 1.73. The Bertz CT molecular complexity index is 1120. The number of aliphatic carboxylic acids is 1. The van der Waals surface area contributed by atoms with Crippen LogP contribution < -0.4 is 10.7 Å². The maximum absolute atomic E-state index is 13.0. The predicted molar refractivity (Wildman–Crippen MR) is 135 cm³/mol. The van der Waals surface area contributed by atoms with Gasteiger partial charge in [-0.25, -0.2) is 5.01 Å². The fraction of sp³-hybridized carbons (Fsp3) is 0.222. The van der Waals surface area contributed by atoms with Crippen LogP contribution in [0.25, 0.3) is 0 Å². The van der Waals surface area contributed by atoms with E-state index < -0.39 is 5.97 Å². The van der Waals surface area contributed by atoms with Gasteiger partial charge < -0.3 is 10.0 Å². The summed E-state index contributed by atoms with van der Waals surface area (Å²) in [6.45, 7) is 0.851. The number of amides is 1. The molecule has 3 N–H and O–H groups in total. The highest BCUT2D eigenvalue weighted by atomic mass is 16.4. The molecule has 0 saturated carbocycles. The quantitative estimate of drug-likeness (QED) is 0.259. The molecule has 1 amide bonds. The fourth-order valence-corrected chi connectivity index (χ4v) is 3.67. The van der Waals surface area contributed by atoms with Gasteiger partial charge in [0.05, 0.1) is 11.4 Å². The molecule has 34 heavy (non-hydrogen) atoms. The maximum atomic E-state index is 13.0. The zero-order valence-corrected chi connectivity index (χ0v) is 19.3. The number of aliphatic imine (C=N–C) groups is 1. The van der Waals surface area contributed by atoms with Crippen LogP contribution in [0.3, 0.4) is 0 Å². The first-order valence-electron chi connectivity index (χ1n) is 11.2. The van der Waals surface area contributed by atoms with Crippen molar-refractivity contribution in [1.82, 2.24) is 5.01 Å². The van der Waals surface area contributed by atoms with Gasteiger partial charge in [0.25, 0.3) is 0 Å². The monoisotopic (exact) mass is 458 g/mol. The lowest BCUT2D eigenvalue weighted by molar-refractivity contribution is -0.135. The molecule has 0 atom stereocenters. The Labute approximate surface area is 200 Å². The first kappa shape index (κ1) is 24.8. The van der Waals surface area contributed by atoms with E-state index in [1.165, 1.54) is 0 Å². The minimum atomic E-state index is -1.02. The van der Waals surface area contributed by atoms with E-state index in [9.17, 15) is 14.7 Å². The molecule has 3 aromatic carbocycles. The second kappa shape index (κ2) is 12.4. The van der Waals surface area contributed by atoms with Crippen LogP contribution >= 0.6 is 0 Å². The average molecular weight is 459 g/mol. The summed E-state index contributed by atoms with van der Waals surface area (Å²) in [5.41, 5.74) is 3.83. The number of hydrogen-bond acceptors (Lipinski definition) is 5. The van der Waals surface area contributed by atoms with Crippen molar-refractivity contribution in [3.63, 3.8) is 0 Å². The zero-order valence-electron chi connectivity index (χ0n) is 19.3. The summed E-state index contributed by atoms with van der Waals surface area (Å²) in [5.74, 6) is 5.04. The summed E-state index contributed by atoms with van der Waals surface area (Å²) in [4.78, 5) is 30.1. The number of hydrogen-bond donors (Lipinski definition) is 2. The zero-order chi connectivity index (χ0) is 24.3. The number of nitrogens with two attached hydrogens (primary N) is 1. The van der Waals surface area contributed by atoms with E-state index in [-0.39, 0.29) is 12.5 Å². The van der Waals surface area contributed by atoms with Crippen LogP contribution in [0.1, 0.15) is 29.5 Å². The molecule has 7 heteroatoms. The number of anilines is 1. The summed E-state index contributed by atoms with van der Waals surface area (Å²) in [5, 5.41) is 10.9. The van der Waals surface area contributed by atoms with E-state index in [0.717, 1.165) is 11.1 Å². The Balaban J connectivity index is 1.71. The molecule has 0 aliphatic rings. The molecular weight excluding hydrogens is 428 g/mol. The highest BCUT2D eigenvalue weighted by molar-refractivity contribution is 6.17. The molecule has 0 bridgehead atoms. The number of nitrogens with zero attached hydrogens (tertiary/aromatic N) is 3. The van der Waals surface area contributed by atoms with Crippen molar-refractivity contribution < 1.29 is 14.7 Å². The topological polar surface area (TPSA) is 99.2 Å². The van der Waals surface area contributed by atoms with Crippen LogP contribution in [-0.2, 0) is 16.1 Å². The van der Waals surface area contributed by atoms with E-state index in [2.05, 4.69) is 4.99 Å². The van der Waals surface area contributed by atoms with Crippen LogP contribution in [-0.4, -0.2) is 47.8 Å². The van der Waals surface area contributed by atoms with Gasteiger partial charge in [-0.3, -0.25) is 20.4 Å². The van der Waals surface area contributed by atoms with Gasteiger partial charge in [0, 0.05) is 37.7 Å². The Morgan fingerprint density at radius 3 is 2.21 bits per heavy atom. The van der Waals surface area contributed by atoms with Gasteiger partial charge in [-0.1, -0.05) is 78.9 Å². The van der Waals surface area contributed by atoms with Crippen LogP contribution in [0.4, 0.5) is 5.69 Å². The molecule has 0 unspecified atom stereocenters. The Hall–Kier alpha value is -3.81. The summed E-state index contributed by atoms with van der Waals surface area (Å²) >= 11 is 0. The van der Waals surface area contributed by atoms with Gasteiger partial charge in [0.15, 0.2) is 0 Å². The number of hydrazine groups is 1. The van der Waals surface area contributed by atoms with Crippen LogP contribution in [0.15, 0.2) is 89.9 Å². The molecule has 3 aromatic rings. The van der Waals surface area contributed by atoms with E-state index in [0.29, 0.717) is 42.9 Å². The third-order valence-corrected chi connectivity index (χ3v) is 5.38. The van der Waals surface area contributed by atoms with Crippen molar-refractivity contribution in [1.29, 1.82) is 0 Å². The van der Waals surface area contributed by atoms with Crippen molar-refractivity contribution in [3.05, 3.63) is 102 Å². The van der Waals surface area contributed by atoms with Gasteiger partial charge in [0.1, 0.15) is 6.54 Å². The molecule has 0 heterocycles. The molecule has 0 radical (unpaired) electrons.